The average Bonchev–Trinajstić information content (AvgIpc) is 2.46. The lowest BCUT2D eigenvalue weighted by atomic mass is 9.83. The van der Waals surface area contributed by atoms with E-state index in [-0.39, 0.29) is 0 Å². The molecule has 1 aliphatic rings. The molecular weight excluding hydrogens is 300 g/mol. The maximum Gasteiger partial charge on any atom is 0.0331 e. The minimum Gasteiger partial charge on any atom is -0.330 e. The molecule has 0 bridgehead atoms. The number of rotatable bonds is 4. The van der Waals surface area contributed by atoms with E-state index in [0.29, 0.717) is 18.0 Å². The summed E-state index contributed by atoms with van der Waals surface area (Å²) in [6.07, 6.45) is 5.26. The number of hydrogen-bond acceptors (Lipinski definition) is 2. The second-order valence-corrected chi connectivity index (χ2v) is 6.56. The first-order valence-electron chi connectivity index (χ1n) is 7.31. The summed E-state index contributed by atoms with van der Waals surface area (Å²) in [6.45, 7) is 3.11. The topological polar surface area (TPSA) is 29.3 Å². The summed E-state index contributed by atoms with van der Waals surface area (Å²) in [5.74, 6) is 0.656. The summed E-state index contributed by atoms with van der Waals surface area (Å²) < 4.78 is 1.20. The minimum absolute atomic E-state index is 0.424. The molecule has 1 aromatic rings. The van der Waals surface area contributed by atoms with E-state index >= 15 is 0 Å². The first-order chi connectivity index (χ1) is 9.15. The Morgan fingerprint density at radius 2 is 2.00 bits per heavy atom. The standard InChI is InChI=1S/C16H25BrN2/c1-12(14-8-4-5-9-15(14)17)19(2)16-10-6-3-7-13(16)11-18/h4-5,8-9,12-13,16H,3,6-7,10-11,18H2,1-2H3. The van der Waals surface area contributed by atoms with E-state index in [0.717, 1.165) is 6.54 Å². The van der Waals surface area contributed by atoms with Crippen LogP contribution in [0.2, 0.25) is 0 Å². The van der Waals surface area contributed by atoms with Crippen LogP contribution in [0, 0.1) is 5.92 Å². The Bertz CT molecular complexity index is 407. The molecule has 0 radical (unpaired) electrons. The van der Waals surface area contributed by atoms with Gasteiger partial charge in [0.15, 0.2) is 0 Å². The van der Waals surface area contributed by atoms with Crippen LogP contribution in [0.5, 0.6) is 0 Å². The predicted octanol–water partition coefficient (Wildman–Crippen LogP) is 3.96. The van der Waals surface area contributed by atoms with Gasteiger partial charge in [0.25, 0.3) is 0 Å². The summed E-state index contributed by atoms with van der Waals surface area (Å²) in [6, 6.07) is 9.58. The van der Waals surface area contributed by atoms with E-state index in [4.69, 9.17) is 5.73 Å². The highest BCUT2D eigenvalue weighted by Crippen LogP contribution is 2.34. The third-order valence-electron chi connectivity index (χ3n) is 4.66. The van der Waals surface area contributed by atoms with Crippen LogP contribution in [0.3, 0.4) is 0 Å². The lowest BCUT2D eigenvalue weighted by molar-refractivity contribution is 0.0986. The molecule has 1 aromatic carbocycles. The van der Waals surface area contributed by atoms with Gasteiger partial charge in [-0.2, -0.15) is 0 Å². The molecule has 1 saturated carbocycles. The number of halogens is 1. The SMILES string of the molecule is CC(c1ccccc1Br)N(C)C1CCCCC1CN. The van der Waals surface area contributed by atoms with Crippen LogP contribution < -0.4 is 5.73 Å². The smallest absolute Gasteiger partial charge is 0.0331 e. The molecule has 0 heterocycles. The van der Waals surface area contributed by atoms with Crippen LogP contribution in [0.1, 0.15) is 44.2 Å². The Balaban J connectivity index is 2.14. The lowest BCUT2D eigenvalue weighted by Crippen LogP contribution is -2.44. The van der Waals surface area contributed by atoms with Crippen molar-refractivity contribution in [1.29, 1.82) is 0 Å². The van der Waals surface area contributed by atoms with Gasteiger partial charge in [0.1, 0.15) is 0 Å². The average molecular weight is 325 g/mol. The first-order valence-corrected chi connectivity index (χ1v) is 8.11. The largest absolute Gasteiger partial charge is 0.330 e. The first kappa shape index (κ1) is 15.0. The van der Waals surface area contributed by atoms with Gasteiger partial charge >= 0.3 is 0 Å². The molecule has 1 aliphatic carbocycles. The summed E-state index contributed by atoms with van der Waals surface area (Å²) in [4.78, 5) is 2.52. The number of nitrogens with two attached hydrogens (primary N) is 1. The molecule has 0 aliphatic heterocycles. The summed E-state index contributed by atoms with van der Waals surface area (Å²) >= 11 is 3.67. The zero-order valence-corrected chi connectivity index (χ0v) is 13.6. The highest BCUT2D eigenvalue weighted by atomic mass is 79.9. The minimum atomic E-state index is 0.424. The second-order valence-electron chi connectivity index (χ2n) is 5.71. The number of nitrogens with zero attached hydrogens (tertiary/aromatic N) is 1. The Morgan fingerprint density at radius 3 is 2.68 bits per heavy atom. The molecule has 2 N–H and O–H groups in total. The van der Waals surface area contributed by atoms with Gasteiger partial charge in [0.2, 0.25) is 0 Å². The maximum atomic E-state index is 5.96. The van der Waals surface area contributed by atoms with E-state index in [9.17, 15) is 0 Å². The van der Waals surface area contributed by atoms with E-state index in [1.54, 1.807) is 0 Å². The molecule has 3 heteroatoms. The van der Waals surface area contributed by atoms with Crippen molar-refractivity contribution in [1.82, 2.24) is 4.90 Å². The molecule has 1 fully saturated rings. The van der Waals surface area contributed by atoms with E-state index in [1.165, 1.54) is 35.7 Å². The highest BCUT2D eigenvalue weighted by Gasteiger charge is 2.30. The molecule has 2 rings (SSSR count). The Kier molecular flexibility index (Phi) is 5.43. The molecule has 0 aromatic heterocycles. The molecule has 0 spiro atoms. The van der Waals surface area contributed by atoms with Crippen LogP contribution >= 0.6 is 15.9 Å². The van der Waals surface area contributed by atoms with Gasteiger partial charge in [-0.1, -0.05) is 47.0 Å². The van der Waals surface area contributed by atoms with E-state index < -0.39 is 0 Å². The van der Waals surface area contributed by atoms with Crippen LogP contribution in [0.15, 0.2) is 28.7 Å². The van der Waals surface area contributed by atoms with Gasteiger partial charge in [-0.3, -0.25) is 4.90 Å². The molecule has 3 atom stereocenters. The predicted molar refractivity (Wildman–Crippen MR) is 85.1 cm³/mol. The monoisotopic (exact) mass is 324 g/mol. The molecule has 3 unspecified atom stereocenters. The van der Waals surface area contributed by atoms with Crippen molar-refractivity contribution < 1.29 is 0 Å². The molecular formula is C16H25BrN2. The third-order valence-corrected chi connectivity index (χ3v) is 5.38. The number of benzene rings is 1. The Hall–Kier alpha value is -0.380. The van der Waals surface area contributed by atoms with Gasteiger partial charge in [-0.15, -0.1) is 0 Å². The van der Waals surface area contributed by atoms with Crippen molar-refractivity contribution in [2.75, 3.05) is 13.6 Å². The zero-order chi connectivity index (χ0) is 13.8. The van der Waals surface area contributed by atoms with Gasteiger partial charge in [-0.25, -0.2) is 0 Å². The van der Waals surface area contributed by atoms with Crippen molar-refractivity contribution in [2.24, 2.45) is 11.7 Å². The second kappa shape index (κ2) is 6.87. The molecule has 19 heavy (non-hydrogen) atoms. The summed E-state index contributed by atoms with van der Waals surface area (Å²) in [5.41, 5.74) is 7.33. The van der Waals surface area contributed by atoms with Crippen LogP contribution in [-0.2, 0) is 0 Å². The van der Waals surface area contributed by atoms with Gasteiger partial charge in [0.05, 0.1) is 0 Å². The van der Waals surface area contributed by atoms with Crippen molar-refractivity contribution in [3.8, 4) is 0 Å². The van der Waals surface area contributed by atoms with Gasteiger partial charge in [0, 0.05) is 16.6 Å². The maximum absolute atomic E-state index is 5.96. The van der Waals surface area contributed by atoms with Crippen molar-refractivity contribution in [3.05, 3.63) is 34.3 Å². The lowest BCUT2D eigenvalue weighted by Gasteiger charge is -2.41. The van der Waals surface area contributed by atoms with Crippen molar-refractivity contribution in [2.45, 2.75) is 44.7 Å². The summed E-state index contributed by atoms with van der Waals surface area (Å²) in [5, 5.41) is 0. The van der Waals surface area contributed by atoms with Crippen molar-refractivity contribution >= 4 is 15.9 Å². The fourth-order valence-electron chi connectivity index (χ4n) is 3.32. The van der Waals surface area contributed by atoms with Gasteiger partial charge < -0.3 is 5.73 Å². The van der Waals surface area contributed by atoms with Gasteiger partial charge in [-0.05, 0) is 50.9 Å². The number of hydrogen-bond donors (Lipinski definition) is 1. The fraction of sp³-hybridized carbons (Fsp3) is 0.625. The van der Waals surface area contributed by atoms with E-state index in [1.807, 2.05) is 0 Å². The zero-order valence-electron chi connectivity index (χ0n) is 12.0. The molecule has 2 nitrogen and oxygen atoms in total. The van der Waals surface area contributed by atoms with Crippen molar-refractivity contribution in [3.63, 3.8) is 0 Å². The highest BCUT2D eigenvalue weighted by molar-refractivity contribution is 9.10. The van der Waals surface area contributed by atoms with E-state index in [2.05, 4.69) is 59.1 Å². The molecule has 0 saturated heterocycles. The van der Waals surface area contributed by atoms with Crippen LogP contribution in [0.25, 0.3) is 0 Å². The van der Waals surface area contributed by atoms with Crippen LogP contribution in [0.4, 0.5) is 0 Å². The van der Waals surface area contributed by atoms with Crippen LogP contribution in [-0.4, -0.2) is 24.5 Å². The normalized spacial score (nSPS) is 25.5. The Labute approximate surface area is 125 Å². The fourth-order valence-corrected chi connectivity index (χ4v) is 3.94. The molecule has 106 valence electrons. The third kappa shape index (κ3) is 3.39. The summed E-state index contributed by atoms with van der Waals surface area (Å²) in [7, 11) is 2.25. The quantitative estimate of drug-likeness (QED) is 0.908. The molecule has 0 amide bonds. The Morgan fingerprint density at radius 1 is 1.32 bits per heavy atom.